The summed E-state index contributed by atoms with van der Waals surface area (Å²) in [4.78, 5) is 0. The fourth-order valence-corrected chi connectivity index (χ4v) is 1.92. The summed E-state index contributed by atoms with van der Waals surface area (Å²) >= 11 is 6.07. The SMILES string of the molecule is CCOCC(O)c1cc(Cl)c2c(c1)OCCO2. The molecule has 4 nitrogen and oxygen atoms in total. The van der Waals surface area contributed by atoms with Gasteiger partial charge in [-0.2, -0.15) is 0 Å². The van der Waals surface area contributed by atoms with Crippen molar-refractivity contribution in [1.82, 2.24) is 0 Å². The van der Waals surface area contributed by atoms with Crippen LogP contribution in [0.1, 0.15) is 18.6 Å². The summed E-state index contributed by atoms with van der Waals surface area (Å²) in [5.74, 6) is 1.12. The molecule has 0 aliphatic carbocycles. The molecule has 0 saturated heterocycles. The van der Waals surface area contributed by atoms with Crippen LogP contribution in [0.25, 0.3) is 0 Å². The molecule has 1 N–H and O–H groups in total. The Labute approximate surface area is 105 Å². The Morgan fingerprint density at radius 2 is 2.18 bits per heavy atom. The summed E-state index contributed by atoms with van der Waals surface area (Å²) < 4.78 is 16.0. The van der Waals surface area contributed by atoms with Crippen LogP contribution >= 0.6 is 11.6 Å². The molecule has 1 unspecified atom stereocenters. The number of aliphatic hydroxyl groups is 1. The number of halogens is 1. The van der Waals surface area contributed by atoms with Gasteiger partial charge in [0.25, 0.3) is 0 Å². The summed E-state index contributed by atoms with van der Waals surface area (Å²) in [5, 5.41) is 10.3. The lowest BCUT2D eigenvalue weighted by molar-refractivity contribution is 0.0417. The molecule has 1 aromatic carbocycles. The van der Waals surface area contributed by atoms with Gasteiger partial charge in [0.1, 0.15) is 19.3 Å². The molecule has 0 radical (unpaired) electrons. The number of hydrogen-bond acceptors (Lipinski definition) is 4. The second kappa shape index (κ2) is 5.58. The maximum absolute atomic E-state index is 9.90. The van der Waals surface area contributed by atoms with Crippen molar-refractivity contribution in [2.75, 3.05) is 26.4 Å². The van der Waals surface area contributed by atoms with E-state index < -0.39 is 6.10 Å². The van der Waals surface area contributed by atoms with Gasteiger partial charge < -0.3 is 19.3 Å². The van der Waals surface area contributed by atoms with Gasteiger partial charge >= 0.3 is 0 Å². The smallest absolute Gasteiger partial charge is 0.179 e. The summed E-state index contributed by atoms with van der Waals surface area (Å²) in [6, 6.07) is 3.42. The zero-order chi connectivity index (χ0) is 12.3. The van der Waals surface area contributed by atoms with E-state index in [0.717, 1.165) is 0 Å². The third-order valence-corrected chi connectivity index (χ3v) is 2.76. The fourth-order valence-electron chi connectivity index (χ4n) is 1.65. The number of benzene rings is 1. The van der Waals surface area contributed by atoms with E-state index in [9.17, 15) is 5.11 Å². The third kappa shape index (κ3) is 2.83. The molecule has 0 aromatic heterocycles. The number of hydrogen-bond donors (Lipinski definition) is 1. The maximum atomic E-state index is 9.90. The molecule has 5 heteroatoms. The number of rotatable bonds is 4. The van der Waals surface area contributed by atoms with Gasteiger partial charge in [-0.25, -0.2) is 0 Å². The second-order valence-electron chi connectivity index (χ2n) is 3.70. The Kier molecular flexibility index (Phi) is 4.10. The summed E-state index contributed by atoms with van der Waals surface area (Å²) in [6.45, 7) is 3.67. The van der Waals surface area contributed by atoms with Crippen molar-refractivity contribution in [2.24, 2.45) is 0 Å². The van der Waals surface area contributed by atoms with Crippen LogP contribution in [0.2, 0.25) is 5.02 Å². The minimum Gasteiger partial charge on any atom is -0.486 e. The molecule has 17 heavy (non-hydrogen) atoms. The Bertz CT molecular complexity index is 394. The topological polar surface area (TPSA) is 47.9 Å². The molecule has 0 saturated carbocycles. The van der Waals surface area contributed by atoms with E-state index in [0.29, 0.717) is 41.9 Å². The molecule has 0 spiro atoms. The van der Waals surface area contributed by atoms with Crippen molar-refractivity contribution in [3.05, 3.63) is 22.7 Å². The first kappa shape index (κ1) is 12.5. The maximum Gasteiger partial charge on any atom is 0.179 e. The fraction of sp³-hybridized carbons (Fsp3) is 0.500. The zero-order valence-electron chi connectivity index (χ0n) is 9.61. The molecule has 94 valence electrons. The van der Waals surface area contributed by atoms with E-state index in [-0.39, 0.29) is 6.61 Å². The summed E-state index contributed by atoms with van der Waals surface area (Å²) in [6.07, 6.45) is -0.705. The van der Waals surface area contributed by atoms with Gasteiger partial charge in [0.2, 0.25) is 0 Å². The molecule has 0 bridgehead atoms. The molecule has 2 rings (SSSR count). The van der Waals surface area contributed by atoms with Crippen LogP contribution in [0.4, 0.5) is 0 Å². The average molecular weight is 259 g/mol. The standard InChI is InChI=1S/C12H15ClO4/c1-2-15-7-10(14)8-5-9(13)12-11(6-8)16-3-4-17-12/h5-6,10,14H,2-4,7H2,1H3. The van der Waals surface area contributed by atoms with E-state index in [2.05, 4.69) is 0 Å². The monoisotopic (exact) mass is 258 g/mol. The van der Waals surface area contributed by atoms with Gasteiger partial charge in [-0.15, -0.1) is 0 Å². The van der Waals surface area contributed by atoms with Crippen molar-refractivity contribution in [2.45, 2.75) is 13.0 Å². The molecular weight excluding hydrogens is 244 g/mol. The summed E-state index contributed by atoms with van der Waals surface area (Å²) in [5.41, 5.74) is 0.674. The highest BCUT2D eigenvalue weighted by molar-refractivity contribution is 6.32. The zero-order valence-corrected chi connectivity index (χ0v) is 10.4. The highest BCUT2D eigenvalue weighted by Crippen LogP contribution is 2.39. The lowest BCUT2D eigenvalue weighted by Gasteiger charge is -2.21. The average Bonchev–Trinajstić information content (AvgIpc) is 2.36. The van der Waals surface area contributed by atoms with Crippen molar-refractivity contribution in [1.29, 1.82) is 0 Å². The van der Waals surface area contributed by atoms with Gasteiger partial charge in [0.05, 0.1) is 11.6 Å². The molecule has 1 aliphatic heterocycles. The van der Waals surface area contributed by atoms with E-state index in [1.165, 1.54) is 0 Å². The van der Waals surface area contributed by atoms with Gasteiger partial charge in [-0.1, -0.05) is 11.6 Å². The first-order chi connectivity index (χ1) is 8.22. The first-order valence-electron chi connectivity index (χ1n) is 5.57. The van der Waals surface area contributed by atoms with E-state index >= 15 is 0 Å². The number of fused-ring (bicyclic) bond motifs is 1. The van der Waals surface area contributed by atoms with E-state index in [1.807, 2.05) is 6.92 Å². The Hall–Kier alpha value is -0.970. The number of aliphatic hydroxyl groups excluding tert-OH is 1. The van der Waals surface area contributed by atoms with Crippen LogP contribution in [0.5, 0.6) is 11.5 Å². The predicted octanol–water partition coefficient (Wildman–Crippen LogP) is 2.18. The quantitative estimate of drug-likeness (QED) is 0.899. The lowest BCUT2D eigenvalue weighted by Crippen LogP contribution is -2.16. The minimum atomic E-state index is -0.705. The molecular formula is C12H15ClO4. The van der Waals surface area contributed by atoms with Crippen molar-refractivity contribution >= 4 is 11.6 Å². The van der Waals surface area contributed by atoms with Crippen molar-refractivity contribution < 1.29 is 19.3 Å². The summed E-state index contributed by atoms with van der Waals surface area (Å²) in [7, 11) is 0. The van der Waals surface area contributed by atoms with Gasteiger partial charge in [0.15, 0.2) is 11.5 Å². The van der Waals surface area contributed by atoms with Crippen LogP contribution in [-0.2, 0) is 4.74 Å². The molecule has 1 heterocycles. The van der Waals surface area contributed by atoms with Crippen LogP contribution < -0.4 is 9.47 Å². The minimum absolute atomic E-state index is 0.243. The number of ether oxygens (including phenoxy) is 3. The molecule has 1 aliphatic rings. The first-order valence-corrected chi connectivity index (χ1v) is 5.95. The third-order valence-electron chi connectivity index (χ3n) is 2.48. The van der Waals surface area contributed by atoms with Crippen LogP contribution in [0, 0.1) is 0 Å². The molecule has 1 aromatic rings. The van der Waals surface area contributed by atoms with Crippen LogP contribution in [0.15, 0.2) is 12.1 Å². The molecule has 0 amide bonds. The Morgan fingerprint density at radius 3 is 2.94 bits per heavy atom. The van der Waals surface area contributed by atoms with Crippen molar-refractivity contribution in [3.63, 3.8) is 0 Å². The van der Waals surface area contributed by atoms with E-state index in [1.54, 1.807) is 12.1 Å². The van der Waals surface area contributed by atoms with Crippen molar-refractivity contribution in [3.8, 4) is 11.5 Å². The second-order valence-corrected chi connectivity index (χ2v) is 4.11. The Balaban J connectivity index is 2.21. The van der Waals surface area contributed by atoms with Crippen LogP contribution in [-0.4, -0.2) is 31.5 Å². The van der Waals surface area contributed by atoms with Gasteiger partial charge in [-0.3, -0.25) is 0 Å². The Morgan fingerprint density at radius 1 is 1.41 bits per heavy atom. The normalized spacial score (nSPS) is 15.7. The lowest BCUT2D eigenvalue weighted by atomic mass is 10.1. The highest BCUT2D eigenvalue weighted by Gasteiger charge is 2.19. The van der Waals surface area contributed by atoms with Gasteiger partial charge in [0, 0.05) is 6.61 Å². The molecule has 1 atom stereocenters. The van der Waals surface area contributed by atoms with E-state index in [4.69, 9.17) is 25.8 Å². The van der Waals surface area contributed by atoms with Crippen LogP contribution in [0.3, 0.4) is 0 Å². The highest BCUT2D eigenvalue weighted by atomic mass is 35.5. The molecule has 0 fully saturated rings. The van der Waals surface area contributed by atoms with Gasteiger partial charge in [-0.05, 0) is 24.6 Å². The largest absolute Gasteiger partial charge is 0.486 e. The predicted molar refractivity (Wildman–Crippen MR) is 63.9 cm³/mol.